The largest absolute Gasteiger partial charge is 0.495 e. The van der Waals surface area contributed by atoms with Crippen molar-refractivity contribution in [1.29, 1.82) is 0 Å². The van der Waals surface area contributed by atoms with Gasteiger partial charge in [-0.2, -0.15) is 0 Å². The third-order valence-corrected chi connectivity index (χ3v) is 6.32. The van der Waals surface area contributed by atoms with E-state index in [1.54, 1.807) is 18.2 Å². The number of hydrogen-bond donors (Lipinski definition) is 1. The molecule has 0 aromatic heterocycles. The second-order valence-corrected chi connectivity index (χ2v) is 8.51. The third kappa shape index (κ3) is 4.67. The Hall–Kier alpha value is -2.80. The van der Waals surface area contributed by atoms with Crippen molar-refractivity contribution in [2.75, 3.05) is 21.3 Å². The van der Waals surface area contributed by atoms with Crippen LogP contribution in [0.3, 0.4) is 0 Å². The molecule has 0 bridgehead atoms. The fraction of sp³-hybridized carbons (Fsp3) is 0.417. The van der Waals surface area contributed by atoms with Gasteiger partial charge < -0.3 is 19.5 Å². The van der Waals surface area contributed by atoms with Gasteiger partial charge in [0.1, 0.15) is 11.3 Å². The molecule has 0 heterocycles. The van der Waals surface area contributed by atoms with Gasteiger partial charge in [0.2, 0.25) is 0 Å². The summed E-state index contributed by atoms with van der Waals surface area (Å²) < 4.78 is 30.3. The molecule has 32 heavy (non-hydrogen) atoms. The first-order valence-electron chi connectivity index (χ1n) is 10.4. The Bertz CT molecular complexity index is 1020. The lowest BCUT2D eigenvalue weighted by molar-refractivity contribution is -0.150. The Morgan fingerprint density at radius 3 is 2.34 bits per heavy atom. The maximum absolute atomic E-state index is 14.9. The van der Waals surface area contributed by atoms with Crippen LogP contribution in [0.2, 0.25) is 5.02 Å². The van der Waals surface area contributed by atoms with Crippen molar-refractivity contribution in [3.63, 3.8) is 0 Å². The highest BCUT2D eigenvalue weighted by Crippen LogP contribution is 2.38. The molecule has 6 nitrogen and oxygen atoms in total. The lowest BCUT2D eigenvalue weighted by atomic mass is 9.77. The summed E-state index contributed by atoms with van der Waals surface area (Å²) in [5.41, 5.74) is -0.160. The molecule has 1 N–H and O–H groups in total. The number of halogens is 2. The summed E-state index contributed by atoms with van der Waals surface area (Å²) in [6, 6.07) is 7.57. The van der Waals surface area contributed by atoms with E-state index in [-0.39, 0.29) is 11.3 Å². The zero-order chi connectivity index (χ0) is 23.5. The number of esters is 1. The molecule has 0 saturated heterocycles. The minimum Gasteiger partial charge on any atom is -0.495 e. The first-order chi connectivity index (χ1) is 15.2. The van der Waals surface area contributed by atoms with Crippen LogP contribution in [0.15, 0.2) is 30.3 Å². The Labute approximate surface area is 192 Å². The molecule has 0 aliphatic heterocycles. The van der Waals surface area contributed by atoms with Crippen LogP contribution in [0.25, 0.3) is 11.1 Å². The van der Waals surface area contributed by atoms with Crippen LogP contribution in [-0.2, 0) is 9.53 Å². The van der Waals surface area contributed by atoms with Crippen LogP contribution in [0.4, 0.5) is 4.39 Å². The maximum Gasteiger partial charge on any atom is 0.331 e. The lowest BCUT2D eigenvalue weighted by Crippen LogP contribution is -2.56. The summed E-state index contributed by atoms with van der Waals surface area (Å²) in [4.78, 5) is 25.7. The van der Waals surface area contributed by atoms with E-state index in [2.05, 4.69) is 12.2 Å². The van der Waals surface area contributed by atoms with E-state index in [9.17, 15) is 14.0 Å². The molecule has 8 heteroatoms. The average Bonchev–Trinajstić information content (AvgIpc) is 2.79. The van der Waals surface area contributed by atoms with Crippen LogP contribution in [0.1, 0.15) is 43.0 Å². The zero-order valence-corrected chi connectivity index (χ0v) is 19.3. The molecule has 0 radical (unpaired) electrons. The minimum atomic E-state index is -1.13. The Morgan fingerprint density at radius 2 is 1.78 bits per heavy atom. The zero-order valence-electron chi connectivity index (χ0n) is 18.6. The highest BCUT2D eigenvalue weighted by molar-refractivity contribution is 6.32. The summed E-state index contributed by atoms with van der Waals surface area (Å²) in [7, 11) is 4.14. The first kappa shape index (κ1) is 23.9. The van der Waals surface area contributed by atoms with Gasteiger partial charge in [-0.3, -0.25) is 4.79 Å². The number of amides is 1. The monoisotopic (exact) mass is 463 g/mol. The predicted molar refractivity (Wildman–Crippen MR) is 120 cm³/mol. The van der Waals surface area contributed by atoms with Crippen LogP contribution in [0, 0.1) is 11.7 Å². The predicted octanol–water partition coefficient (Wildman–Crippen LogP) is 5.02. The molecular formula is C24H27ClFNO5. The fourth-order valence-electron chi connectivity index (χ4n) is 4.10. The Balaban J connectivity index is 2.00. The molecule has 1 aliphatic carbocycles. The lowest BCUT2D eigenvalue weighted by Gasteiger charge is -2.37. The average molecular weight is 464 g/mol. The smallest absolute Gasteiger partial charge is 0.331 e. The molecule has 172 valence electrons. The second-order valence-electron chi connectivity index (χ2n) is 8.10. The van der Waals surface area contributed by atoms with Crippen LogP contribution in [-0.4, -0.2) is 38.7 Å². The summed E-state index contributed by atoms with van der Waals surface area (Å²) >= 11 is 6.24. The molecule has 1 amide bonds. The molecule has 2 aromatic rings. The van der Waals surface area contributed by atoms with E-state index >= 15 is 0 Å². The van der Waals surface area contributed by atoms with Crippen molar-refractivity contribution < 1.29 is 28.2 Å². The maximum atomic E-state index is 14.9. The van der Waals surface area contributed by atoms with Gasteiger partial charge in [0.25, 0.3) is 5.91 Å². The number of rotatable bonds is 6. The van der Waals surface area contributed by atoms with Gasteiger partial charge in [0, 0.05) is 11.1 Å². The van der Waals surface area contributed by atoms with Crippen molar-refractivity contribution in [2.24, 2.45) is 5.92 Å². The number of methoxy groups -OCH3 is 3. The van der Waals surface area contributed by atoms with Crippen molar-refractivity contribution >= 4 is 23.5 Å². The number of benzene rings is 2. The van der Waals surface area contributed by atoms with Crippen molar-refractivity contribution in [3.8, 4) is 22.6 Å². The fourth-order valence-corrected chi connectivity index (χ4v) is 4.36. The Kier molecular flexibility index (Phi) is 7.29. The topological polar surface area (TPSA) is 73.9 Å². The highest BCUT2D eigenvalue weighted by Gasteiger charge is 2.43. The molecule has 2 aromatic carbocycles. The number of hydrogen-bond acceptors (Lipinski definition) is 5. The van der Waals surface area contributed by atoms with Gasteiger partial charge in [-0.1, -0.05) is 24.6 Å². The van der Waals surface area contributed by atoms with Gasteiger partial charge >= 0.3 is 5.97 Å². The molecule has 3 rings (SSSR count). The summed E-state index contributed by atoms with van der Waals surface area (Å²) in [6.45, 7) is 2.11. The van der Waals surface area contributed by atoms with Crippen molar-refractivity contribution in [1.82, 2.24) is 5.32 Å². The van der Waals surface area contributed by atoms with Crippen molar-refractivity contribution in [3.05, 3.63) is 46.7 Å². The third-order valence-electron chi connectivity index (χ3n) is 6.03. The van der Waals surface area contributed by atoms with E-state index in [4.69, 9.17) is 25.8 Å². The molecule has 1 aliphatic rings. The summed E-state index contributed by atoms with van der Waals surface area (Å²) in [5.74, 6) is -0.852. The summed E-state index contributed by atoms with van der Waals surface area (Å²) in [6.07, 6.45) is 2.49. The van der Waals surface area contributed by atoms with Gasteiger partial charge in [0.05, 0.1) is 26.4 Å². The van der Waals surface area contributed by atoms with E-state index in [0.29, 0.717) is 40.7 Å². The number of carbonyl (C=O) groups excluding carboxylic acids is 2. The minimum absolute atomic E-state index is 0.0167. The number of nitrogens with one attached hydrogen (secondary N) is 1. The first-order valence-corrected chi connectivity index (χ1v) is 10.7. The summed E-state index contributed by atoms with van der Waals surface area (Å²) in [5, 5.41) is 3.16. The highest BCUT2D eigenvalue weighted by atomic mass is 35.5. The number of ether oxygens (including phenoxy) is 3. The molecule has 0 unspecified atom stereocenters. The normalized spacial score (nSPS) is 20.4. The quantitative estimate of drug-likeness (QED) is 0.609. The molecular weight excluding hydrogens is 437 g/mol. The van der Waals surface area contributed by atoms with E-state index in [0.717, 1.165) is 18.9 Å². The van der Waals surface area contributed by atoms with Crippen LogP contribution in [0.5, 0.6) is 11.5 Å². The van der Waals surface area contributed by atoms with Gasteiger partial charge in [-0.05, 0) is 61.4 Å². The van der Waals surface area contributed by atoms with Gasteiger partial charge in [0.15, 0.2) is 11.6 Å². The standard InChI is InChI=1S/C24H27ClFNO5/c1-14-7-9-24(10-8-14,23(29)32-4)27-22(28)16-11-17(21(31-3)19(26)13-16)15-5-6-20(30-2)18(25)12-15/h5-6,11-14H,7-10H2,1-4H3,(H,27,28). The van der Waals surface area contributed by atoms with Crippen LogP contribution >= 0.6 is 11.6 Å². The van der Waals surface area contributed by atoms with E-state index in [1.807, 2.05) is 0 Å². The van der Waals surface area contributed by atoms with Gasteiger partial charge in [-0.25, -0.2) is 9.18 Å². The van der Waals surface area contributed by atoms with E-state index in [1.165, 1.54) is 27.4 Å². The SMILES string of the molecule is COC(=O)C1(NC(=O)c2cc(F)c(OC)c(-c3ccc(OC)c(Cl)c3)c2)CCC(C)CC1. The Morgan fingerprint density at radius 1 is 1.09 bits per heavy atom. The molecule has 1 fully saturated rings. The molecule has 1 saturated carbocycles. The van der Waals surface area contributed by atoms with E-state index < -0.39 is 23.2 Å². The molecule has 0 spiro atoms. The van der Waals surface area contributed by atoms with Gasteiger partial charge in [-0.15, -0.1) is 0 Å². The second kappa shape index (κ2) is 9.77. The van der Waals surface area contributed by atoms with Crippen LogP contribution < -0.4 is 14.8 Å². The number of carbonyl (C=O) groups is 2. The molecule has 0 atom stereocenters. The van der Waals surface area contributed by atoms with Crippen molar-refractivity contribution in [2.45, 2.75) is 38.1 Å².